The normalized spacial score (nSPS) is 11.5. The first-order chi connectivity index (χ1) is 11.8. The topological polar surface area (TPSA) is 84.9 Å². The third-order valence-electron chi connectivity index (χ3n) is 3.46. The van der Waals surface area contributed by atoms with E-state index in [1.54, 1.807) is 13.0 Å². The molecule has 0 aliphatic heterocycles. The highest BCUT2D eigenvalue weighted by Gasteiger charge is 2.20. The number of phenols is 1. The van der Waals surface area contributed by atoms with Gasteiger partial charge in [-0.05, 0) is 59.6 Å². The van der Waals surface area contributed by atoms with Gasteiger partial charge in [0.15, 0.2) is 11.9 Å². The van der Waals surface area contributed by atoms with Gasteiger partial charge in [0, 0.05) is 0 Å². The second-order valence-corrected chi connectivity index (χ2v) is 6.23. The lowest BCUT2D eigenvalue weighted by atomic mass is 10.1. The van der Waals surface area contributed by atoms with Crippen LogP contribution in [-0.4, -0.2) is 30.2 Å². The maximum atomic E-state index is 12.3. The molecule has 0 radical (unpaired) electrons. The number of phenolic OH excluding ortho intramolecular Hbond substituents is 1. The number of methoxy groups -OCH3 is 1. The number of anilines is 1. The highest BCUT2D eigenvalue weighted by Crippen LogP contribution is 2.29. The number of nitrogens with one attached hydrogen (secondary N) is 1. The van der Waals surface area contributed by atoms with Crippen LogP contribution in [0.25, 0.3) is 0 Å². The van der Waals surface area contributed by atoms with Crippen molar-refractivity contribution in [2.45, 2.75) is 20.0 Å². The van der Waals surface area contributed by atoms with Gasteiger partial charge in [0.1, 0.15) is 11.3 Å². The molecule has 1 amide bonds. The second kappa shape index (κ2) is 8.02. The van der Waals surface area contributed by atoms with Gasteiger partial charge in [-0.2, -0.15) is 0 Å². The third kappa shape index (κ3) is 4.51. The molecule has 2 aromatic carbocycles. The van der Waals surface area contributed by atoms with E-state index in [-0.39, 0.29) is 17.0 Å². The summed E-state index contributed by atoms with van der Waals surface area (Å²) in [7, 11) is 1.21. The van der Waals surface area contributed by atoms with E-state index in [0.29, 0.717) is 5.75 Å². The van der Waals surface area contributed by atoms with E-state index in [1.165, 1.54) is 25.3 Å². The van der Waals surface area contributed by atoms with Crippen LogP contribution in [0.1, 0.15) is 22.8 Å². The fourth-order valence-electron chi connectivity index (χ4n) is 2.10. The summed E-state index contributed by atoms with van der Waals surface area (Å²) in [6.07, 6.45) is -0.819. The molecule has 0 aliphatic carbocycles. The zero-order chi connectivity index (χ0) is 18.6. The summed E-state index contributed by atoms with van der Waals surface area (Å²) in [5.74, 6) is -0.988. The Morgan fingerprint density at radius 1 is 1.24 bits per heavy atom. The molecule has 2 rings (SSSR count). The largest absolute Gasteiger partial charge is 0.505 e. The number of halogens is 1. The second-order valence-electron chi connectivity index (χ2n) is 5.38. The van der Waals surface area contributed by atoms with Crippen LogP contribution in [-0.2, 0) is 9.53 Å². The van der Waals surface area contributed by atoms with Crippen LogP contribution < -0.4 is 10.1 Å². The van der Waals surface area contributed by atoms with Gasteiger partial charge in [-0.1, -0.05) is 12.1 Å². The molecule has 0 spiro atoms. The molecule has 0 saturated heterocycles. The first-order valence-electron chi connectivity index (χ1n) is 7.47. The minimum atomic E-state index is -0.819. The zero-order valence-corrected chi connectivity index (χ0v) is 15.6. The summed E-state index contributed by atoms with van der Waals surface area (Å²) in [6.45, 7) is 3.53. The van der Waals surface area contributed by atoms with Crippen molar-refractivity contribution in [3.63, 3.8) is 0 Å². The van der Waals surface area contributed by atoms with Crippen molar-refractivity contribution in [1.29, 1.82) is 0 Å². The number of hydrogen-bond donors (Lipinski definition) is 2. The summed E-state index contributed by atoms with van der Waals surface area (Å²) in [4.78, 5) is 23.9. The van der Waals surface area contributed by atoms with Crippen molar-refractivity contribution in [2.75, 3.05) is 12.4 Å². The van der Waals surface area contributed by atoms with Gasteiger partial charge in [-0.3, -0.25) is 4.79 Å². The highest BCUT2D eigenvalue weighted by molar-refractivity contribution is 9.10. The van der Waals surface area contributed by atoms with Gasteiger partial charge in [0.05, 0.1) is 17.3 Å². The Kier molecular flexibility index (Phi) is 6.03. The average molecular weight is 408 g/mol. The molecule has 0 bridgehead atoms. The monoisotopic (exact) mass is 407 g/mol. The van der Waals surface area contributed by atoms with Crippen molar-refractivity contribution in [2.24, 2.45) is 0 Å². The van der Waals surface area contributed by atoms with Crippen molar-refractivity contribution in [3.05, 3.63) is 52.0 Å². The Morgan fingerprint density at radius 2 is 1.96 bits per heavy atom. The van der Waals surface area contributed by atoms with Crippen LogP contribution in [0.15, 0.2) is 40.9 Å². The molecule has 1 unspecified atom stereocenters. The van der Waals surface area contributed by atoms with Crippen molar-refractivity contribution in [3.8, 4) is 11.5 Å². The lowest BCUT2D eigenvalue weighted by Gasteiger charge is -2.17. The number of aromatic hydroxyl groups is 1. The number of para-hydroxylation sites is 1. The van der Waals surface area contributed by atoms with E-state index >= 15 is 0 Å². The van der Waals surface area contributed by atoms with Gasteiger partial charge >= 0.3 is 5.97 Å². The highest BCUT2D eigenvalue weighted by atomic mass is 79.9. The van der Waals surface area contributed by atoms with Crippen molar-refractivity contribution in [1.82, 2.24) is 0 Å². The lowest BCUT2D eigenvalue weighted by Crippen LogP contribution is -2.30. The summed E-state index contributed by atoms with van der Waals surface area (Å²) < 4.78 is 11.0. The minimum Gasteiger partial charge on any atom is -0.505 e. The van der Waals surface area contributed by atoms with Crippen LogP contribution in [0.2, 0.25) is 0 Å². The Morgan fingerprint density at radius 3 is 2.60 bits per heavy atom. The number of ether oxygens (including phenoxy) is 2. The molecule has 0 saturated carbocycles. The summed E-state index contributed by atoms with van der Waals surface area (Å²) in [5.41, 5.74) is 1.13. The molecule has 2 N–H and O–H groups in total. The summed E-state index contributed by atoms with van der Waals surface area (Å²) in [6, 6.07) is 9.93. The molecule has 0 heterocycles. The van der Waals surface area contributed by atoms with E-state index in [2.05, 4.69) is 26.0 Å². The number of carbonyl (C=O) groups is 2. The molecule has 1 atom stereocenters. The Balaban J connectivity index is 2.12. The quantitative estimate of drug-likeness (QED) is 0.583. The molecular formula is C18H18BrNO5. The smallest absolute Gasteiger partial charge is 0.341 e. The molecular weight excluding hydrogens is 390 g/mol. The summed E-state index contributed by atoms with van der Waals surface area (Å²) in [5, 5.41) is 12.7. The predicted octanol–water partition coefficient (Wildman–Crippen LogP) is 3.66. The zero-order valence-electron chi connectivity index (χ0n) is 14.0. The minimum absolute atomic E-state index is 0.0323. The molecule has 7 heteroatoms. The standard InChI is InChI=1S/C18H18BrNO5/c1-10-7-8-15(13(19)9-10)25-11(2)17(22)20-14-6-4-5-12(16(14)21)18(23)24-3/h4-9,11,21H,1-3H3,(H,20,22). The van der Waals surface area contributed by atoms with E-state index in [4.69, 9.17) is 4.74 Å². The fraction of sp³-hybridized carbons (Fsp3) is 0.222. The maximum Gasteiger partial charge on any atom is 0.341 e. The number of benzene rings is 2. The van der Waals surface area contributed by atoms with Crippen molar-refractivity contribution < 1.29 is 24.2 Å². The van der Waals surface area contributed by atoms with Crippen LogP contribution >= 0.6 is 15.9 Å². The first kappa shape index (κ1) is 18.8. The lowest BCUT2D eigenvalue weighted by molar-refractivity contribution is -0.122. The van der Waals surface area contributed by atoms with E-state index in [1.807, 2.05) is 19.1 Å². The molecule has 6 nitrogen and oxygen atoms in total. The van der Waals surface area contributed by atoms with Gasteiger partial charge in [0.2, 0.25) is 0 Å². The molecule has 0 fully saturated rings. The van der Waals surface area contributed by atoms with Gasteiger partial charge < -0.3 is 19.9 Å². The molecule has 25 heavy (non-hydrogen) atoms. The van der Waals surface area contributed by atoms with E-state index < -0.39 is 18.0 Å². The van der Waals surface area contributed by atoms with Crippen LogP contribution in [0.5, 0.6) is 11.5 Å². The predicted molar refractivity (Wildman–Crippen MR) is 97.0 cm³/mol. The molecule has 2 aromatic rings. The Hall–Kier alpha value is -2.54. The first-order valence-corrected chi connectivity index (χ1v) is 8.26. The number of amides is 1. The number of rotatable bonds is 5. The van der Waals surface area contributed by atoms with Gasteiger partial charge in [0.25, 0.3) is 5.91 Å². The number of hydrogen-bond acceptors (Lipinski definition) is 5. The number of esters is 1. The van der Waals surface area contributed by atoms with Crippen LogP contribution in [0, 0.1) is 6.92 Å². The van der Waals surface area contributed by atoms with Crippen LogP contribution in [0.3, 0.4) is 0 Å². The summed E-state index contributed by atoms with van der Waals surface area (Å²) >= 11 is 3.39. The molecule has 0 aliphatic rings. The average Bonchev–Trinajstić information content (AvgIpc) is 2.58. The Bertz CT molecular complexity index is 806. The Labute approximate surface area is 153 Å². The van der Waals surface area contributed by atoms with E-state index in [9.17, 15) is 14.7 Å². The van der Waals surface area contributed by atoms with Gasteiger partial charge in [-0.25, -0.2) is 4.79 Å². The molecule has 0 aromatic heterocycles. The van der Waals surface area contributed by atoms with Crippen LogP contribution in [0.4, 0.5) is 5.69 Å². The fourth-order valence-corrected chi connectivity index (χ4v) is 2.69. The van der Waals surface area contributed by atoms with Crippen molar-refractivity contribution >= 4 is 33.5 Å². The van der Waals surface area contributed by atoms with Gasteiger partial charge in [-0.15, -0.1) is 0 Å². The van der Waals surface area contributed by atoms with E-state index in [0.717, 1.165) is 10.0 Å². The molecule has 132 valence electrons. The number of carbonyl (C=O) groups excluding carboxylic acids is 2. The number of aryl methyl sites for hydroxylation is 1. The third-order valence-corrected chi connectivity index (χ3v) is 4.08. The SMILES string of the molecule is COC(=O)c1cccc(NC(=O)C(C)Oc2ccc(C)cc2Br)c1O. The maximum absolute atomic E-state index is 12.3.